The van der Waals surface area contributed by atoms with E-state index in [0.717, 1.165) is 0 Å². The molecule has 0 aliphatic carbocycles. The first-order valence-electron chi connectivity index (χ1n) is 11.3. The van der Waals surface area contributed by atoms with Gasteiger partial charge in [0.15, 0.2) is 0 Å². The molecule has 0 spiro atoms. The third-order valence-electron chi connectivity index (χ3n) is 5.91. The van der Waals surface area contributed by atoms with Crippen LogP contribution in [0.25, 0.3) is 21.9 Å². The normalized spacial score (nSPS) is 11.6. The van der Waals surface area contributed by atoms with Crippen LogP contribution < -0.4 is 16.0 Å². The standard InChI is InChI=1S/C28H20Br2O7/c1-13(2)35-17-7-3-14(4-8-17)22(23-25(31)18-11-15(29)5-9-20(18)36-27(23)33)24-26(32)19-12-16(30)6-10-21(19)37-28(24)34/h3-13,22,31-32H,1-2H3. The van der Waals surface area contributed by atoms with E-state index in [-0.39, 0.29) is 50.7 Å². The third kappa shape index (κ3) is 4.65. The number of hydrogen-bond donors (Lipinski definition) is 2. The van der Waals surface area contributed by atoms with Gasteiger partial charge in [-0.3, -0.25) is 0 Å². The summed E-state index contributed by atoms with van der Waals surface area (Å²) in [5.41, 5.74) is -1.34. The van der Waals surface area contributed by atoms with E-state index in [2.05, 4.69) is 31.9 Å². The van der Waals surface area contributed by atoms with Crippen LogP contribution in [-0.4, -0.2) is 16.3 Å². The Kier molecular flexibility index (Phi) is 6.59. The lowest BCUT2D eigenvalue weighted by Crippen LogP contribution is -2.21. The molecule has 0 aliphatic heterocycles. The van der Waals surface area contributed by atoms with Crippen molar-refractivity contribution in [3.63, 3.8) is 0 Å². The maximum atomic E-state index is 13.3. The Hall–Kier alpha value is -3.56. The van der Waals surface area contributed by atoms with Gasteiger partial charge >= 0.3 is 11.3 Å². The summed E-state index contributed by atoms with van der Waals surface area (Å²) in [4.78, 5) is 26.6. The Morgan fingerprint density at radius 3 is 1.62 bits per heavy atom. The van der Waals surface area contributed by atoms with E-state index in [9.17, 15) is 19.8 Å². The fourth-order valence-electron chi connectivity index (χ4n) is 4.34. The summed E-state index contributed by atoms with van der Waals surface area (Å²) in [5, 5.41) is 23.2. The third-order valence-corrected chi connectivity index (χ3v) is 6.90. The largest absolute Gasteiger partial charge is 0.507 e. The van der Waals surface area contributed by atoms with Crippen molar-refractivity contribution in [1.82, 2.24) is 0 Å². The van der Waals surface area contributed by atoms with Crippen LogP contribution in [0.3, 0.4) is 0 Å². The molecule has 0 fully saturated rings. The van der Waals surface area contributed by atoms with Crippen LogP contribution >= 0.6 is 31.9 Å². The Morgan fingerprint density at radius 1 is 0.730 bits per heavy atom. The summed E-state index contributed by atoms with van der Waals surface area (Å²) in [6.45, 7) is 3.78. The topological polar surface area (TPSA) is 110 Å². The molecule has 0 saturated carbocycles. The first-order valence-corrected chi connectivity index (χ1v) is 12.9. The van der Waals surface area contributed by atoms with Gasteiger partial charge in [0.25, 0.3) is 0 Å². The zero-order chi connectivity index (χ0) is 26.4. The molecule has 2 aromatic heterocycles. The lowest BCUT2D eigenvalue weighted by molar-refractivity contribution is 0.242. The fraction of sp³-hybridized carbons (Fsp3) is 0.143. The molecule has 0 radical (unpaired) electrons. The average molecular weight is 628 g/mol. The lowest BCUT2D eigenvalue weighted by atomic mass is 9.84. The average Bonchev–Trinajstić information content (AvgIpc) is 2.84. The SMILES string of the molecule is CC(C)Oc1ccc(C(c2c(O)c3cc(Br)ccc3oc2=O)c2c(O)c3cc(Br)ccc3oc2=O)cc1. The highest BCUT2D eigenvalue weighted by atomic mass is 79.9. The van der Waals surface area contributed by atoms with Crippen LogP contribution in [0.4, 0.5) is 0 Å². The molecule has 37 heavy (non-hydrogen) atoms. The predicted octanol–water partition coefficient (Wildman–Crippen LogP) is 6.80. The minimum absolute atomic E-state index is 0.0632. The van der Waals surface area contributed by atoms with Crippen molar-refractivity contribution in [2.45, 2.75) is 25.9 Å². The molecule has 3 aromatic carbocycles. The van der Waals surface area contributed by atoms with E-state index < -0.39 is 17.2 Å². The first kappa shape index (κ1) is 25.1. The second-order valence-electron chi connectivity index (χ2n) is 8.75. The van der Waals surface area contributed by atoms with Crippen molar-refractivity contribution in [2.75, 3.05) is 0 Å². The van der Waals surface area contributed by atoms with Crippen molar-refractivity contribution in [3.05, 3.63) is 107 Å². The minimum atomic E-state index is -1.22. The van der Waals surface area contributed by atoms with Gasteiger partial charge in [-0.1, -0.05) is 44.0 Å². The molecule has 0 saturated heterocycles. The summed E-state index contributed by atoms with van der Waals surface area (Å²) < 4.78 is 18.1. The van der Waals surface area contributed by atoms with E-state index in [1.54, 1.807) is 60.7 Å². The number of fused-ring (bicyclic) bond motifs is 2. The van der Waals surface area contributed by atoms with Gasteiger partial charge in [0, 0.05) is 8.95 Å². The zero-order valence-electron chi connectivity index (χ0n) is 19.6. The zero-order valence-corrected chi connectivity index (χ0v) is 22.8. The molecule has 2 N–H and O–H groups in total. The molecule has 188 valence electrons. The summed E-state index contributed by atoms with van der Waals surface area (Å²) in [6.07, 6.45) is -0.0632. The molecule has 0 amide bonds. The van der Waals surface area contributed by atoms with Gasteiger partial charge in [-0.25, -0.2) is 9.59 Å². The number of ether oxygens (including phenoxy) is 1. The van der Waals surface area contributed by atoms with E-state index in [1.807, 2.05) is 13.8 Å². The quantitative estimate of drug-likeness (QED) is 0.206. The molecule has 7 nitrogen and oxygen atoms in total. The number of hydrogen-bond acceptors (Lipinski definition) is 7. The molecule has 9 heteroatoms. The van der Waals surface area contributed by atoms with Crippen LogP contribution in [0.2, 0.25) is 0 Å². The predicted molar refractivity (Wildman–Crippen MR) is 147 cm³/mol. The highest BCUT2D eigenvalue weighted by Crippen LogP contribution is 2.43. The molecule has 5 aromatic rings. The second kappa shape index (κ2) is 9.72. The number of halogens is 2. The second-order valence-corrected chi connectivity index (χ2v) is 10.6. The van der Waals surface area contributed by atoms with Crippen molar-refractivity contribution < 1.29 is 23.8 Å². The summed E-state index contributed by atoms with van der Waals surface area (Å²) in [5.74, 6) is -1.37. The fourth-order valence-corrected chi connectivity index (χ4v) is 5.07. The van der Waals surface area contributed by atoms with Crippen molar-refractivity contribution >= 4 is 53.8 Å². The number of rotatable bonds is 5. The molecular formula is C28H20Br2O7. The van der Waals surface area contributed by atoms with Gasteiger partial charge in [0.1, 0.15) is 28.4 Å². The Bertz CT molecular complexity index is 1660. The van der Waals surface area contributed by atoms with Crippen LogP contribution in [0.5, 0.6) is 17.2 Å². The Balaban J connectivity index is 1.85. The maximum Gasteiger partial charge on any atom is 0.344 e. The van der Waals surface area contributed by atoms with Gasteiger partial charge in [0.05, 0.1) is 33.9 Å². The number of aromatic hydroxyl groups is 2. The first-order chi connectivity index (χ1) is 17.6. The van der Waals surface area contributed by atoms with E-state index in [1.165, 1.54) is 0 Å². The van der Waals surface area contributed by atoms with Gasteiger partial charge < -0.3 is 23.8 Å². The maximum absolute atomic E-state index is 13.3. The monoisotopic (exact) mass is 626 g/mol. The summed E-state index contributed by atoms with van der Waals surface area (Å²) >= 11 is 6.73. The number of benzene rings is 3. The van der Waals surface area contributed by atoms with E-state index in [0.29, 0.717) is 20.3 Å². The molecule has 0 bridgehead atoms. The molecule has 5 rings (SSSR count). The van der Waals surface area contributed by atoms with Gasteiger partial charge in [-0.05, 0) is 67.9 Å². The van der Waals surface area contributed by atoms with Gasteiger partial charge in [0.2, 0.25) is 0 Å². The van der Waals surface area contributed by atoms with Gasteiger partial charge in [-0.2, -0.15) is 0 Å². The summed E-state index contributed by atoms with van der Waals surface area (Å²) in [6, 6.07) is 16.4. The van der Waals surface area contributed by atoms with E-state index in [4.69, 9.17) is 13.6 Å². The highest BCUT2D eigenvalue weighted by Gasteiger charge is 2.32. The van der Waals surface area contributed by atoms with E-state index >= 15 is 0 Å². The highest BCUT2D eigenvalue weighted by molar-refractivity contribution is 9.10. The molecular weight excluding hydrogens is 608 g/mol. The van der Waals surface area contributed by atoms with Crippen LogP contribution in [0.1, 0.15) is 36.5 Å². The molecule has 0 atom stereocenters. The smallest absolute Gasteiger partial charge is 0.344 e. The molecule has 2 heterocycles. The lowest BCUT2D eigenvalue weighted by Gasteiger charge is -2.20. The van der Waals surface area contributed by atoms with Crippen molar-refractivity contribution in [3.8, 4) is 17.2 Å². The summed E-state index contributed by atoms with van der Waals surface area (Å²) in [7, 11) is 0. The van der Waals surface area contributed by atoms with Crippen LogP contribution in [0.15, 0.2) is 88.0 Å². The van der Waals surface area contributed by atoms with Gasteiger partial charge in [-0.15, -0.1) is 0 Å². The Labute approximate surface area is 227 Å². The molecule has 0 aliphatic rings. The molecule has 0 unspecified atom stereocenters. The minimum Gasteiger partial charge on any atom is -0.507 e. The van der Waals surface area contributed by atoms with Crippen molar-refractivity contribution in [1.29, 1.82) is 0 Å². The van der Waals surface area contributed by atoms with Crippen LogP contribution in [0, 0.1) is 0 Å². The Morgan fingerprint density at radius 2 is 1.19 bits per heavy atom. The van der Waals surface area contributed by atoms with Crippen LogP contribution in [-0.2, 0) is 0 Å². The van der Waals surface area contributed by atoms with Crippen molar-refractivity contribution in [2.24, 2.45) is 0 Å².